The number of benzene rings is 2. The highest BCUT2D eigenvalue weighted by Crippen LogP contribution is 2.22. The number of halogens is 1. The number of amides is 2. The second-order valence-electron chi connectivity index (χ2n) is 8.41. The van der Waals surface area contributed by atoms with Crippen molar-refractivity contribution in [3.05, 3.63) is 88.7 Å². The molecule has 1 aliphatic heterocycles. The Hall–Kier alpha value is -3.12. The van der Waals surface area contributed by atoms with E-state index >= 15 is 0 Å². The Morgan fingerprint density at radius 2 is 1.73 bits per heavy atom. The third-order valence-corrected chi connectivity index (χ3v) is 6.48. The van der Waals surface area contributed by atoms with Gasteiger partial charge >= 0.3 is 0 Å². The summed E-state index contributed by atoms with van der Waals surface area (Å²) in [6, 6.07) is 17.1. The van der Waals surface area contributed by atoms with Crippen molar-refractivity contribution in [1.29, 1.82) is 0 Å². The summed E-state index contributed by atoms with van der Waals surface area (Å²) in [4.78, 5) is 30.0. The summed E-state index contributed by atoms with van der Waals surface area (Å²) in [6.45, 7) is 4.58. The van der Waals surface area contributed by atoms with Crippen LogP contribution >= 0.6 is 11.6 Å². The van der Waals surface area contributed by atoms with Crippen molar-refractivity contribution in [3.63, 3.8) is 0 Å². The van der Waals surface area contributed by atoms with E-state index in [-0.39, 0.29) is 17.9 Å². The SMILES string of the molecule is CCCN(C(=O)c1cnn(Cc2ccccc2Cl)c1)C1CCN(C(=O)c2ccccc2)CC1. The fourth-order valence-electron chi connectivity index (χ4n) is 4.36. The molecule has 0 aliphatic carbocycles. The predicted molar refractivity (Wildman–Crippen MR) is 129 cm³/mol. The van der Waals surface area contributed by atoms with Gasteiger partial charge in [0.15, 0.2) is 0 Å². The van der Waals surface area contributed by atoms with E-state index in [0.717, 1.165) is 24.8 Å². The largest absolute Gasteiger partial charge is 0.338 e. The molecule has 1 saturated heterocycles. The van der Waals surface area contributed by atoms with Crippen LogP contribution < -0.4 is 0 Å². The van der Waals surface area contributed by atoms with Gasteiger partial charge in [0, 0.05) is 42.5 Å². The van der Waals surface area contributed by atoms with E-state index in [2.05, 4.69) is 12.0 Å². The van der Waals surface area contributed by atoms with E-state index in [1.165, 1.54) is 0 Å². The van der Waals surface area contributed by atoms with Crippen LogP contribution in [0.1, 0.15) is 52.5 Å². The zero-order valence-electron chi connectivity index (χ0n) is 18.9. The first-order valence-electron chi connectivity index (χ1n) is 11.5. The summed E-state index contributed by atoms with van der Waals surface area (Å²) in [6.07, 6.45) is 5.86. The van der Waals surface area contributed by atoms with E-state index in [0.29, 0.717) is 42.3 Å². The van der Waals surface area contributed by atoms with Crippen molar-refractivity contribution < 1.29 is 9.59 Å². The lowest BCUT2D eigenvalue weighted by Crippen LogP contribution is -2.49. The molecule has 1 fully saturated rings. The molecule has 33 heavy (non-hydrogen) atoms. The number of carbonyl (C=O) groups excluding carboxylic acids is 2. The standard InChI is InChI=1S/C26H29ClN4O2/c1-2-14-31(23-12-15-29(16-13-23)25(32)20-8-4-3-5-9-20)26(33)22-17-28-30(19-22)18-21-10-6-7-11-24(21)27/h3-11,17,19,23H,2,12-16,18H2,1H3. The summed E-state index contributed by atoms with van der Waals surface area (Å²) in [5, 5.41) is 5.07. The van der Waals surface area contributed by atoms with Gasteiger partial charge in [0.05, 0.1) is 18.3 Å². The number of hydrogen-bond acceptors (Lipinski definition) is 3. The van der Waals surface area contributed by atoms with Crippen LogP contribution in [0.3, 0.4) is 0 Å². The Morgan fingerprint density at radius 1 is 1.03 bits per heavy atom. The highest BCUT2D eigenvalue weighted by molar-refractivity contribution is 6.31. The van der Waals surface area contributed by atoms with Crippen LogP contribution in [0.25, 0.3) is 0 Å². The highest BCUT2D eigenvalue weighted by Gasteiger charge is 2.30. The Labute approximate surface area is 199 Å². The summed E-state index contributed by atoms with van der Waals surface area (Å²) in [7, 11) is 0. The van der Waals surface area contributed by atoms with E-state index in [9.17, 15) is 9.59 Å². The average molecular weight is 465 g/mol. The average Bonchev–Trinajstić information content (AvgIpc) is 3.32. The van der Waals surface area contributed by atoms with Gasteiger partial charge in [-0.15, -0.1) is 0 Å². The lowest BCUT2D eigenvalue weighted by atomic mass is 10.0. The topological polar surface area (TPSA) is 58.4 Å². The smallest absolute Gasteiger partial charge is 0.257 e. The molecule has 3 aromatic rings. The molecule has 0 N–H and O–H groups in total. The number of likely N-dealkylation sites (tertiary alicyclic amines) is 1. The summed E-state index contributed by atoms with van der Waals surface area (Å²) < 4.78 is 1.75. The van der Waals surface area contributed by atoms with Crippen LogP contribution in [0.4, 0.5) is 0 Å². The zero-order chi connectivity index (χ0) is 23.2. The molecule has 2 heterocycles. The molecule has 4 rings (SSSR count). The number of rotatable bonds is 7. The predicted octanol–water partition coefficient (Wildman–Crippen LogP) is 4.74. The minimum absolute atomic E-state index is 0.00454. The van der Waals surface area contributed by atoms with E-state index in [4.69, 9.17) is 11.6 Å². The van der Waals surface area contributed by atoms with Gasteiger partial charge in [-0.25, -0.2) is 0 Å². The summed E-state index contributed by atoms with van der Waals surface area (Å²) >= 11 is 6.27. The van der Waals surface area contributed by atoms with E-state index in [1.807, 2.05) is 64.4 Å². The second kappa shape index (κ2) is 10.7. The quantitative estimate of drug-likeness (QED) is 0.507. The molecule has 7 heteroatoms. The highest BCUT2D eigenvalue weighted by atomic mass is 35.5. The van der Waals surface area contributed by atoms with Gasteiger partial charge in [-0.05, 0) is 43.0 Å². The van der Waals surface area contributed by atoms with Crippen LogP contribution in [0.2, 0.25) is 5.02 Å². The van der Waals surface area contributed by atoms with Gasteiger partial charge in [0.2, 0.25) is 0 Å². The molecule has 6 nitrogen and oxygen atoms in total. The number of nitrogens with zero attached hydrogens (tertiary/aromatic N) is 4. The van der Waals surface area contributed by atoms with Gasteiger partial charge in [-0.1, -0.05) is 54.9 Å². The number of carbonyl (C=O) groups is 2. The van der Waals surface area contributed by atoms with Crippen molar-refractivity contribution >= 4 is 23.4 Å². The molecule has 0 saturated carbocycles. The van der Waals surface area contributed by atoms with E-state index in [1.54, 1.807) is 17.1 Å². The zero-order valence-corrected chi connectivity index (χ0v) is 19.6. The molecular weight excluding hydrogens is 436 g/mol. The fraction of sp³-hybridized carbons (Fsp3) is 0.346. The van der Waals surface area contributed by atoms with Crippen LogP contribution in [-0.2, 0) is 6.54 Å². The van der Waals surface area contributed by atoms with Crippen LogP contribution in [0.15, 0.2) is 67.0 Å². The number of piperidine rings is 1. The second-order valence-corrected chi connectivity index (χ2v) is 8.81. The van der Waals surface area contributed by atoms with Crippen LogP contribution in [-0.4, -0.2) is 57.1 Å². The molecule has 1 aliphatic rings. The molecule has 0 unspecified atom stereocenters. The molecule has 0 atom stereocenters. The van der Waals surface area contributed by atoms with Crippen molar-refractivity contribution in [3.8, 4) is 0 Å². The minimum Gasteiger partial charge on any atom is -0.338 e. The summed E-state index contributed by atoms with van der Waals surface area (Å²) in [5.74, 6) is 0.0540. The third kappa shape index (κ3) is 5.45. The number of hydrogen-bond donors (Lipinski definition) is 0. The Kier molecular flexibility index (Phi) is 7.45. The first kappa shape index (κ1) is 23.1. The number of aromatic nitrogens is 2. The van der Waals surface area contributed by atoms with Gasteiger partial charge in [-0.2, -0.15) is 5.10 Å². The molecule has 0 spiro atoms. The maximum absolute atomic E-state index is 13.4. The Bertz CT molecular complexity index is 1090. The summed E-state index contributed by atoms with van der Waals surface area (Å²) in [5.41, 5.74) is 2.25. The lowest BCUT2D eigenvalue weighted by Gasteiger charge is -2.38. The van der Waals surface area contributed by atoms with Crippen LogP contribution in [0.5, 0.6) is 0 Å². The molecular formula is C26H29ClN4O2. The molecule has 1 aromatic heterocycles. The minimum atomic E-state index is -0.00454. The maximum atomic E-state index is 13.4. The first-order valence-corrected chi connectivity index (χ1v) is 11.9. The fourth-order valence-corrected chi connectivity index (χ4v) is 4.56. The van der Waals surface area contributed by atoms with Gasteiger partial charge < -0.3 is 9.80 Å². The Balaban J connectivity index is 1.40. The molecule has 0 bridgehead atoms. The monoisotopic (exact) mass is 464 g/mol. The maximum Gasteiger partial charge on any atom is 0.257 e. The first-order chi connectivity index (χ1) is 16.1. The van der Waals surface area contributed by atoms with Gasteiger partial charge in [0.1, 0.15) is 0 Å². The lowest BCUT2D eigenvalue weighted by molar-refractivity contribution is 0.0519. The van der Waals surface area contributed by atoms with E-state index < -0.39 is 0 Å². The molecule has 2 aromatic carbocycles. The van der Waals surface area contributed by atoms with Crippen molar-refractivity contribution in [2.45, 2.75) is 38.8 Å². The third-order valence-electron chi connectivity index (χ3n) is 6.11. The van der Waals surface area contributed by atoms with Crippen LogP contribution in [0, 0.1) is 0 Å². The Morgan fingerprint density at radius 3 is 2.42 bits per heavy atom. The van der Waals surface area contributed by atoms with Crippen molar-refractivity contribution in [2.24, 2.45) is 0 Å². The van der Waals surface area contributed by atoms with Gasteiger partial charge in [-0.3, -0.25) is 14.3 Å². The molecule has 0 radical (unpaired) electrons. The van der Waals surface area contributed by atoms with Gasteiger partial charge in [0.25, 0.3) is 11.8 Å². The van der Waals surface area contributed by atoms with Crippen molar-refractivity contribution in [2.75, 3.05) is 19.6 Å². The molecule has 172 valence electrons. The normalized spacial score (nSPS) is 14.3. The van der Waals surface area contributed by atoms with Crippen molar-refractivity contribution in [1.82, 2.24) is 19.6 Å². The molecule has 2 amide bonds.